The Balaban J connectivity index is 1.33. The second-order valence-corrected chi connectivity index (χ2v) is 8.29. The summed E-state index contributed by atoms with van der Waals surface area (Å²) in [5, 5.41) is 11.8. The molecule has 1 N–H and O–H groups in total. The maximum absolute atomic E-state index is 14.6. The summed E-state index contributed by atoms with van der Waals surface area (Å²) >= 11 is 0. The number of H-pyrrole nitrogens is 1. The maximum atomic E-state index is 14.6. The van der Waals surface area contributed by atoms with Gasteiger partial charge in [0.15, 0.2) is 17.3 Å². The highest BCUT2D eigenvalue weighted by Gasteiger charge is 2.23. The van der Waals surface area contributed by atoms with E-state index in [-0.39, 0.29) is 24.4 Å². The van der Waals surface area contributed by atoms with Crippen LogP contribution in [0.1, 0.15) is 10.4 Å². The van der Waals surface area contributed by atoms with Crippen molar-refractivity contribution in [2.45, 2.75) is 6.10 Å². The molecule has 1 atom stereocenters. The van der Waals surface area contributed by atoms with Crippen molar-refractivity contribution in [2.24, 2.45) is 0 Å². The van der Waals surface area contributed by atoms with Crippen molar-refractivity contribution < 1.29 is 27.9 Å². The van der Waals surface area contributed by atoms with E-state index in [1.165, 1.54) is 6.07 Å². The topological polar surface area (TPSA) is 103 Å². The average molecular weight is 493 g/mol. The van der Waals surface area contributed by atoms with Crippen LogP contribution in [0.25, 0.3) is 33.6 Å². The molecule has 10 heteroatoms. The fourth-order valence-electron chi connectivity index (χ4n) is 4.04. The van der Waals surface area contributed by atoms with Gasteiger partial charge in [-0.2, -0.15) is 5.10 Å². The first-order valence-electron chi connectivity index (χ1n) is 11.5. The number of nitrogens with one attached hydrogen (secondary N) is 1. The lowest BCUT2D eigenvalue weighted by Gasteiger charge is -2.31. The van der Waals surface area contributed by atoms with Gasteiger partial charge in [0.05, 0.1) is 31.4 Å². The standard InChI is InChI=1S/C26H25FN4O5/c1-3-18-15-31(8-9-34-18)26(32)17-6-4-16(5-7-17)21-13-24(36-30-21)25-19-12-20(27)23(35-11-10-33-2)14-22(19)28-29-25/h3-7,12-14,18H,1,8-11,15H2,2H3,(H,28,29)/t18-/m0/s1. The van der Waals surface area contributed by atoms with Crippen molar-refractivity contribution in [1.82, 2.24) is 20.3 Å². The van der Waals surface area contributed by atoms with E-state index in [9.17, 15) is 9.18 Å². The molecule has 1 saturated heterocycles. The van der Waals surface area contributed by atoms with Crippen LogP contribution < -0.4 is 4.74 Å². The average Bonchev–Trinajstić information content (AvgIpc) is 3.56. The number of fused-ring (bicyclic) bond motifs is 1. The molecule has 3 heterocycles. The number of benzene rings is 2. The molecular formula is C26H25FN4O5. The Labute approximate surface area is 206 Å². The molecular weight excluding hydrogens is 467 g/mol. The Kier molecular flexibility index (Phi) is 6.79. The van der Waals surface area contributed by atoms with Crippen molar-refractivity contribution >= 4 is 16.8 Å². The third-order valence-corrected chi connectivity index (χ3v) is 5.98. The summed E-state index contributed by atoms with van der Waals surface area (Å²) in [6.45, 7) is 5.83. The van der Waals surface area contributed by atoms with E-state index in [0.29, 0.717) is 59.9 Å². The number of amides is 1. The number of rotatable bonds is 8. The number of ether oxygens (including phenoxy) is 3. The Morgan fingerprint density at radius 1 is 1.28 bits per heavy atom. The minimum Gasteiger partial charge on any atom is -0.488 e. The highest BCUT2D eigenvalue weighted by atomic mass is 19.1. The normalized spacial score (nSPS) is 15.8. The van der Waals surface area contributed by atoms with Crippen molar-refractivity contribution in [3.63, 3.8) is 0 Å². The largest absolute Gasteiger partial charge is 0.488 e. The number of halogens is 1. The van der Waals surface area contributed by atoms with Gasteiger partial charge in [0, 0.05) is 42.3 Å². The van der Waals surface area contributed by atoms with E-state index in [2.05, 4.69) is 21.9 Å². The van der Waals surface area contributed by atoms with Crippen LogP contribution in [-0.4, -0.2) is 72.3 Å². The van der Waals surface area contributed by atoms with Crippen molar-refractivity contribution in [1.29, 1.82) is 0 Å². The van der Waals surface area contributed by atoms with Gasteiger partial charge in [0.25, 0.3) is 5.91 Å². The number of carbonyl (C=O) groups excluding carboxylic acids is 1. The van der Waals surface area contributed by atoms with Crippen LogP contribution in [0.2, 0.25) is 0 Å². The summed E-state index contributed by atoms with van der Waals surface area (Å²) in [5.74, 6) is -0.0820. The van der Waals surface area contributed by atoms with Crippen LogP contribution in [0.4, 0.5) is 4.39 Å². The molecule has 1 aliphatic rings. The molecule has 186 valence electrons. The first-order valence-corrected chi connectivity index (χ1v) is 11.5. The second-order valence-electron chi connectivity index (χ2n) is 8.29. The van der Waals surface area contributed by atoms with Crippen LogP contribution in [0.5, 0.6) is 5.75 Å². The highest BCUT2D eigenvalue weighted by Crippen LogP contribution is 2.33. The van der Waals surface area contributed by atoms with Gasteiger partial charge in [-0.1, -0.05) is 23.4 Å². The smallest absolute Gasteiger partial charge is 0.254 e. The lowest BCUT2D eigenvalue weighted by molar-refractivity contribution is 0.000459. The van der Waals surface area contributed by atoms with E-state index in [4.69, 9.17) is 18.7 Å². The fraction of sp³-hybridized carbons (Fsp3) is 0.269. The van der Waals surface area contributed by atoms with Crippen LogP contribution in [0, 0.1) is 5.82 Å². The SMILES string of the molecule is C=C[C@H]1CN(C(=O)c2ccc(-c3cc(-c4n[nH]c5cc(OCCOC)c(F)cc45)on3)cc2)CCO1. The van der Waals surface area contributed by atoms with E-state index in [1.54, 1.807) is 42.4 Å². The first kappa shape index (κ1) is 23.7. The van der Waals surface area contributed by atoms with E-state index in [0.717, 1.165) is 5.56 Å². The number of aromatic nitrogens is 3. The minimum atomic E-state index is -0.513. The molecule has 1 fully saturated rings. The van der Waals surface area contributed by atoms with Crippen molar-refractivity contribution in [3.05, 3.63) is 66.5 Å². The van der Waals surface area contributed by atoms with Crippen LogP contribution in [-0.2, 0) is 9.47 Å². The van der Waals surface area contributed by atoms with E-state index < -0.39 is 5.82 Å². The van der Waals surface area contributed by atoms with Gasteiger partial charge >= 0.3 is 0 Å². The Bertz CT molecular complexity index is 1380. The van der Waals surface area contributed by atoms with Crippen LogP contribution in [0.3, 0.4) is 0 Å². The number of aromatic amines is 1. The fourth-order valence-corrected chi connectivity index (χ4v) is 4.04. The molecule has 0 aliphatic carbocycles. The van der Waals surface area contributed by atoms with Gasteiger partial charge < -0.3 is 23.6 Å². The number of hydrogen-bond donors (Lipinski definition) is 1. The van der Waals surface area contributed by atoms with Gasteiger partial charge in [-0.25, -0.2) is 4.39 Å². The number of morpholine rings is 1. The minimum absolute atomic E-state index is 0.0619. The molecule has 0 saturated carbocycles. The molecule has 0 spiro atoms. The van der Waals surface area contributed by atoms with Gasteiger partial charge in [-0.3, -0.25) is 9.89 Å². The number of nitrogens with zero attached hydrogens (tertiary/aromatic N) is 3. The van der Waals surface area contributed by atoms with Crippen LogP contribution >= 0.6 is 0 Å². The molecule has 2 aromatic heterocycles. The summed E-state index contributed by atoms with van der Waals surface area (Å²) in [6.07, 6.45) is 1.55. The summed E-state index contributed by atoms with van der Waals surface area (Å²) in [7, 11) is 1.55. The summed E-state index contributed by atoms with van der Waals surface area (Å²) < 4.78 is 36.0. The summed E-state index contributed by atoms with van der Waals surface area (Å²) in [6, 6.07) is 11.8. The monoisotopic (exact) mass is 492 g/mol. The maximum Gasteiger partial charge on any atom is 0.254 e. The molecule has 5 rings (SSSR count). The zero-order chi connectivity index (χ0) is 25.1. The highest BCUT2D eigenvalue weighted by molar-refractivity contribution is 5.95. The van der Waals surface area contributed by atoms with Crippen molar-refractivity contribution in [3.8, 4) is 28.5 Å². The quantitative estimate of drug-likeness (QED) is 0.292. The molecule has 0 unspecified atom stereocenters. The van der Waals surface area contributed by atoms with E-state index >= 15 is 0 Å². The third kappa shape index (κ3) is 4.73. The zero-order valence-electron chi connectivity index (χ0n) is 19.7. The zero-order valence-corrected chi connectivity index (χ0v) is 19.7. The number of carbonyl (C=O) groups is 1. The van der Waals surface area contributed by atoms with Crippen LogP contribution in [0.15, 0.2) is 59.6 Å². The number of methoxy groups -OCH3 is 1. The molecule has 1 amide bonds. The summed E-state index contributed by atoms with van der Waals surface area (Å²) in [5.41, 5.74) is 2.94. The Morgan fingerprint density at radius 3 is 2.89 bits per heavy atom. The Morgan fingerprint density at radius 2 is 2.11 bits per heavy atom. The second kappa shape index (κ2) is 10.3. The molecule has 0 bridgehead atoms. The van der Waals surface area contributed by atoms with Gasteiger partial charge in [-0.15, -0.1) is 6.58 Å². The molecule has 0 radical (unpaired) electrons. The molecule has 9 nitrogen and oxygen atoms in total. The Hall–Kier alpha value is -4.02. The first-order chi connectivity index (χ1) is 17.6. The predicted octanol–water partition coefficient (Wildman–Crippen LogP) is 4.08. The predicted molar refractivity (Wildman–Crippen MR) is 130 cm³/mol. The van der Waals surface area contributed by atoms with Gasteiger partial charge in [-0.05, 0) is 18.2 Å². The molecule has 1 aliphatic heterocycles. The van der Waals surface area contributed by atoms with E-state index in [1.807, 2.05) is 12.1 Å². The van der Waals surface area contributed by atoms with Gasteiger partial charge in [0.2, 0.25) is 0 Å². The molecule has 2 aromatic carbocycles. The molecule has 4 aromatic rings. The van der Waals surface area contributed by atoms with Gasteiger partial charge in [0.1, 0.15) is 18.0 Å². The summed E-state index contributed by atoms with van der Waals surface area (Å²) in [4.78, 5) is 14.6. The number of hydrogen-bond acceptors (Lipinski definition) is 7. The lowest BCUT2D eigenvalue weighted by atomic mass is 10.1. The third-order valence-electron chi connectivity index (χ3n) is 5.98. The lowest BCUT2D eigenvalue weighted by Crippen LogP contribution is -2.44. The van der Waals surface area contributed by atoms with Crippen molar-refractivity contribution in [2.75, 3.05) is 40.0 Å². The molecule has 36 heavy (non-hydrogen) atoms.